The van der Waals surface area contributed by atoms with Crippen molar-refractivity contribution in [1.29, 1.82) is 0 Å². The van der Waals surface area contributed by atoms with Crippen molar-refractivity contribution in [3.63, 3.8) is 0 Å². The van der Waals surface area contributed by atoms with Crippen LogP contribution in [0.5, 0.6) is 0 Å². The Morgan fingerprint density at radius 1 is 1.62 bits per heavy atom. The van der Waals surface area contributed by atoms with E-state index < -0.39 is 5.97 Å². The van der Waals surface area contributed by atoms with E-state index in [0.29, 0.717) is 17.9 Å². The molecule has 0 saturated carbocycles. The van der Waals surface area contributed by atoms with E-state index in [9.17, 15) is 4.79 Å². The molecule has 0 saturated heterocycles. The van der Waals surface area contributed by atoms with Crippen molar-refractivity contribution in [3.8, 4) is 0 Å². The Balaban J connectivity index is 2.68. The number of allylic oxidation sites excluding steroid dienone is 3. The summed E-state index contributed by atoms with van der Waals surface area (Å²) in [5, 5.41) is 8.95. The van der Waals surface area contributed by atoms with Gasteiger partial charge in [-0.15, -0.1) is 0 Å². The van der Waals surface area contributed by atoms with Crippen molar-refractivity contribution in [2.24, 2.45) is 11.3 Å². The van der Waals surface area contributed by atoms with Crippen LogP contribution in [0.1, 0.15) is 47.0 Å². The van der Waals surface area contributed by atoms with Crippen molar-refractivity contribution in [1.82, 2.24) is 0 Å². The minimum absolute atomic E-state index is 0.216. The molecule has 0 fully saturated rings. The van der Waals surface area contributed by atoms with Gasteiger partial charge in [0.1, 0.15) is 0 Å². The molecule has 90 valence electrons. The number of carbonyl (C=O) groups is 1. The molecule has 2 nitrogen and oxygen atoms in total. The molecule has 0 aliphatic heterocycles. The molecule has 0 heterocycles. The molecule has 0 spiro atoms. The van der Waals surface area contributed by atoms with Crippen LogP contribution in [0, 0.1) is 11.3 Å². The van der Waals surface area contributed by atoms with Gasteiger partial charge in [0.25, 0.3) is 0 Å². The summed E-state index contributed by atoms with van der Waals surface area (Å²) < 4.78 is 0. The van der Waals surface area contributed by atoms with Gasteiger partial charge in [-0.05, 0) is 37.5 Å². The zero-order valence-electron chi connectivity index (χ0n) is 10.7. The third-order valence-electron chi connectivity index (χ3n) is 4.05. The lowest BCUT2D eigenvalue weighted by molar-refractivity contribution is -0.132. The van der Waals surface area contributed by atoms with Gasteiger partial charge in [-0.25, -0.2) is 4.79 Å². The number of rotatable bonds is 4. The van der Waals surface area contributed by atoms with Gasteiger partial charge in [0.2, 0.25) is 0 Å². The van der Waals surface area contributed by atoms with Gasteiger partial charge in [-0.2, -0.15) is 0 Å². The van der Waals surface area contributed by atoms with Gasteiger partial charge in [-0.1, -0.05) is 38.5 Å². The number of carboxylic acid groups (broad SMARTS) is 1. The summed E-state index contributed by atoms with van der Waals surface area (Å²) in [7, 11) is 0. The average Bonchev–Trinajstić information content (AvgIpc) is 2.44. The topological polar surface area (TPSA) is 37.3 Å². The summed E-state index contributed by atoms with van der Waals surface area (Å²) in [6.07, 6.45) is 6.74. The van der Waals surface area contributed by atoms with Crippen LogP contribution >= 0.6 is 0 Å². The fraction of sp³-hybridized carbons (Fsp3) is 0.643. The first kappa shape index (κ1) is 13.0. The molecule has 0 aromatic heterocycles. The zero-order chi connectivity index (χ0) is 12.3. The average molecular weight is 222 g/mol. The fourth-order valence-corrected chi connectivity index (χ4v) is 2.26. The van der Waals surface area contributed by atoms with E-state index >= 15 is 0 Å². The highest BCUT2D eigenvalue weighted by Gasteiger charge is 2.33. The fourth-order valence-electron chi connectivity index (χ4n) is 2.26. The van der Waals surface area contributed by atoms with Crippen molar-refractivity contribution in [3.05, 3.63) is 23.3 Å². The monoisotopic (exact) mass is 222 g/mol. The van der Waals surface area contributed by atoms with Gasteiger partial charge in [0.15, 0.2) is 0 Å². The molecule has 16 heavy (non-hydrogen) atoms. The van der Waals surface area contributed by atoms with Gasteiger partial charge in [0.05, 0.1) is 0 Å². The Hall–Kier alpha value is -1.05. The predicted octanol–water partition coefficient (Wildman–Crippen LogP) is 3.79. The maximum Gasteiger partial charge on any atom is 0.331 e. The second kappa shape index (κ2) is 4.86. The Morgan fingerprint density at radius 2 is 2.25 bits per heavy atom. The van der Waals surface area contributed by atoms with Crippen LogP contribution < -0.4 is 0 Å². The summed E-state index contributed by atoms with van der Waals surface area (Å²) in [5.74, 6) is -0.226. The van der Waals surface area contributed by atoms with Crippen molar-refractivity contribution in [2.45, 2.75) is 47.0 Å². The third-order valence-corrected chi connectivity index (χ3v) is 4.05. The van der Waals surface area contributed by atoms with E-state index in [4.69, 9.17) is 5.11 Å². The van der Waals surface area contributed by atoms with E-state index in [1.165, 1.54) is 5.57 Å². The Labute approximate surface area is 98.1 Å². The first-order valence-corrected chi connectivity index (χ1v) is 5.99. The Morgan fingerprint density at radius 3 is 2.62 bits per heavy atom. The van der Waals surface area contributed by atoms with Gasteiger partial charge < -0.3 is 5.11 Å². The highest BCUT2D eigenvalue weighted by molar-refractivity contribution is 5.86. The van der Waals surface area contributed by atoms with E-state index in [1.807, 2.05) is 13.0 Å². The molecule has 0 bridgehead atoms. The molecular weight excluding hydrogens is 200 g/mol. The van der Waals surface area contributed by atoms with E-state index in [1.54, 1.807) is 0 Å². The molecule has 0 aromatic rings. The van der Waals surface area contributed by atoms with Crippen LogP contribution in [0.4, 0.5) is 0 Å². The summed E-state index contributed by atoms with van der Waals surface area (Å²) in [6, 6.07) is 0. The quantitative estimate of drug-likeness (QED) is 0.580. The maximum atomic E-state index is 10.9. The van der Waals surface area contributed by atoms with E-state index in [0.717, 1.165) is 12.8 Å². The van der Waals surface area contributed by atoms with Gasteiger partial charge >= 0.3 is 5.97 Å². The normalized spacial score (nSPS) is 24.4. The second-order valence-electron chi connectivity index (χ2n) is 5.17. The summed E-state index contributed by atoms with van der Waals surface area (Å²) in [6.45, 7) is 8.55. The minimum Gasteiger partial charge on any atom is -0.478 e. The molecule has 0 aromatic carbocycles. The highest BCUT2D eigenvalue weighted by Crippen LogP contribution is 2.44. The van der Waals surface area contributed by atoms with Crippen LogP contribution in [0.3, 0.4) is 0 Å². The minimum atomic E-state index is -0.775. The number of carboxylic acids is 1. The Kier molecular flexibility index (Phi) is 3.95. The Bertz CT molecular complexity index is 335. The summed E-state index contributed by atoms with van der Waals surface area (Å²) >= 11 is 0. The van der Waals surface area contributed by atoms with E-state index in [2.05, 4.69) is 26.8 Å². The molecule has 0 amide bonds. The van der Waals surface area contributed by atoms with Crippen LogP contribution in [0.2, 0.25) is 0 Å². The summed E-state index contributed by atoms with van der Waals surface area (Å²) in [4.78, 5) is 10.9. The third kappa shape index (κ3) is 2.55. The zero-order valence-corrected chi connectivity index (χ0v) is 10.7. The van der Waals surface area contributed by atoms with Crippen LogP contribution in [-0.4, -0.2) is 11.1 Å². The van der Waals surface area contributed by atoms with Gasteiger partial charge in [0, 0.05) is 5.57 Å². The molecule has 2 heteroatoms. The molecule has 0 radical (unpaired) electrons. The lowest BCUT2D eigenvalue weighted by Gasteiger charge is -2.29. The number of hydrogen-bond donors (Lipinski definition) is 1. The SMILES string of the molecule is CCC(=CCC1CC=C(C)C1(C)C)C(=O)O. The van der Waals surface area contributed by atoms with Crippen molar-refractivity contribution >= 4 is 5.97 Å². The smallest absolute Gasteiger partial charge is 0.331 e. The molecule has 1 atom stereocenters. The second-order valence-corrected chi connectivity index (χ2v) is 5.17. The van der Waals surface area contributed by atoms with Gasteiger partial charge in [-0.3, -0.25) is 0 Å². The molecule has 1 N–H and O–H groups in total. The molecule has 1 aliphatic rings. The van der Waals surface area contributed by atoms with Crippen LogP contribution in [0.15, 0.2) is 23.3 Å². The van der Waals surface area contributed by atoms with Crippen LogP contribution in [0.25, 0.3) is 0 Å². The lowest BCUT2D eigenvalue weighted by Crippen LogP contribution is -2.20. The maximum absolute atomic E-state index is 10.9. The lowest BCUT2D eigenvalue weighted by atomic mass is 9.76. The van der Waals surface area contributed by atoms with Crippen LogP contribution in [-0.2, 0) is 4.79 Å². The van der Waals surface area contributed by atoms with Crippen molar-refractivity contribution in [2.75, 3.05) is 0 Å². The largest absolute Gasteiger partial charge is 0.478 e. The molecule has 1 unspecified atom stereocenters. The number of hydrogen-bond acceptors (Lipinski definition) is 1. The van der Waals surface area contributed by atoms with Crippen molar-refractivity contribution < 1.29 is 9.90 Å². The molecular formula is C14H22O2. The first-order chi connectivity index (χ1) is 7.39. The highest BCUT2D eigenvalue weighted by atomic mass is 16.4. The predicted molar refractivity (Wildman–Crippen MR) is 66.3 cm³/mol. The summed E-state index contributed by atoms with van der Waals surface area (Å²) in [5.41, 5.74) is 2.19. The first-order valence-electron chi connectivity index (χ1n) is 5.99. The molecule has 1 rings (SSSR count). The number of aliphatic carboxylic acids is 1. The standard InChI is InChI=1S/C14H22O2/c1-5-11(13(15)16)7-9-12-8-6-10(2)14(12,3)4/h6-7,12H,5,8-9H2,1-4H3,(H,15,16). The van der Waals surface area contributed by atoms with E-state index in [-0.39, 0.29) is 5.41 Å². The molecule has 1 aliphatic carbocycles.